The van der Waals surface area contributed by atoms with Crippen molar-refractivity contribution in [3.8, 4) is 17.2 Å². The first-order valence-corrected chi connectivity index (χ1v) is 5.90. The van der Waals surface area contributed by atoms with E-state index in [-0.39, 0.29) is 17.8 Å². The number of carbonyl (C=O) groups excluding carboxylic acids is 1. The molecule has 0 aromatic heterocycles. The van der Waals surface area contributed by atoms with Crippen molar-refractivity contribution in [2.75, 3.05) is 13.9 Å². The summed E-state index contributed by atoms with van der Waals surface area (Å²) in [6.45, 7) is 0.182. The standard InChI is InChI=1S/C12H10N2O4S/c1-16-8-4-10-9(17-5-18-10)3-6(8)2-7-11(15)14-12(19)13-7/h2-4H,5H2,1H3,(H2,13,14,15,19)/b7-2-. The number of fused-ring (bicyclic) bond motifs is 1. The fourth-order valence-corrected chi connectivity index (χ4v) is 2.07. The van der Waals surface area contributed by atoms with Crippen molar-refractivity contribution in [2.45, 2.75) is 0 Å². The quantitative estimate of drug-likeness (QED) is 0.615. The lowest BCUT2D eigenvalue weighted by atomic mass is 10.1. The zero-order valence-electron chi connectivity index (χ0n) is 9.98. The van der Waals surface area contributed by atoms with Gasteiger partial charge in [-0.3, -0.25) is 10.1 Å². The van der Waals surface area contributed by atoms with E-state index < -0.39 is 0 Å². The Hall–Kier alpha value is -2.28. The molecule has 1 saturated heterocycles. The summed E-state index contributed by atoms with van der Waals surface area (Å²) >= 11 is 4.87. The highest BCUT2D eigenvalue weighted by Gasteiger charge is 2.22. The van der Waals surface area contributed by atoms with Crippen molar-refractivity contribution in [3.63, 3.8) is 0 Å². The molecular weight excluding hydrogens is 268 g/mol. The summed E-state index contributed by atoms with van der Waals surface area (Å²) in [7, 11) is 1.55. The molecule has 1 fully saturated rings. The molecule has 0 radical (unpaired) electrons. The minimum Gasteiger partial charge on any atom is -0.496 e. The fraction of sp³-hybridized carbons (Fsp3) is 0.167. The van der Waals surface area contributed by atoms with E-state index in [1.165, 1.54) is 0 Å². The Bertz CT molecular complexity index is 612. The molecule has 1 aromatic rings. The molecule has 98 valence electrons. The van der Waals surface area contributed by atoms with Gasteiger partial charge in [0.15, 0.2) is 16.6 Å². The van der Waals surface area contributed by atoms with Crippen molar-refractivity contribution >= 4 is 29.3 Å². The van der Waals surface area contributed by atoms with Crippen LogP contribution in [0.4, 0.5) is 0 Å². The first-order chi connectivity index (χ1) is 9.17. The molecule has 0 atom stereocenters. The third-order valence-electron chi connectivity index (χ3n) is 2.74. The molecule has 2 aliphatic heterocycles. The Morgan fingerprint density at radius 2 is 2.05 bits per heavy atom. The number of methoxy groups -OCH3 is 1. The van der Waals surface area contributed by atoms with E-state index in [1.54, 1.807) is 25.3 Å². The summed E-state index contributed by atoms with van der Waals surface area (Å²) in [6.07, 6.45) is 1.65. The zero-order chi connectivity index (χ0) is 13.4. The molecule has 19 heavy (non-hydrogen) atoms. The summed E-state index contributed by atoms with van der Waals surface area (Å²) in [5, 5.41) is 5.56. The van der Waals surface area contributed by atoms with Gasteiger partial charge in [0, 0.05) is 11.6 Å². The van der Waals surface area contributed by atoms with Gasteiger partial charge in [0.1, 0.15) is 11.4 Å². The Morgan fingerprint density at radius 3 is 2.68 bits per heavy atom. The highest BCUT2D eigenvalue weighted by Crippen LogP contribution is 2.38. The van der Waals surface area contributed by atoms with E-state index >= 15 is 0 Å². The van der Waals surface area contributed by atoms with E-state index in [0.717, 1.165) is 0 Å². The van der Waals surface area contributed by atoms with Crippen molar-refractivity contribution in [2.24, 2.45) is 0 Å². The molecule has 2 heterocycles. The molecule has 0 bridgehead atoms. The molecule has 0 spiro atoms. The Labute approximate surface area is 114 Å². The van der Waals surface area contributed by atoms with E-state index in [9.17, 15) is 4.79 Å². The van der Waals surface area contributed by atoms with Gasteiger partial charge in [-0.25, -0.2) is 0 Å². The fourth-order valence-electron chi connectivity index (χ4n) is 1.87. The van der Waals surface area contributed by atoms with Crippen LogP contribution in [0.5, 0.6) is 17.2 Å². The molecule has 3 rings (SSSR count). The third-order valence-corrected chi connectivity index (χ3v) is 2.95. The average molecular weight is 278 g/mol. The number of benzene rings is 1. The first kappa shape index (κ1) is 11.8. The third kappa shape index (κ3) is 2.08. The summed E-state index contributed by atoms with van der Waals surface area (Å²) < 4.78 is 15.8. The van der Waals surface area contributed by atoms with Crippen LogP contribution in [0.3, 0.4) is 0 Å². The van der Waals surface area contributed by atoms with Crippen LogP contribution in [0.2, 0.25) is 0 Å². The zero-order valence-corrected chi connectivity index (χ0v) is 10.8. The second kappa shape index (κ2) is 4.43. The average Bonchev–Trinajstić information content (AvgIpc) is 2.95. The van der Waals surface area contributed by atoms with Gasteiger partial charge in [-0.1, -0.05) is 0 Å². The van der Waals surface area contributed by atoms with Crippen molar-refractivity contribution in [1.82, 2.24) is 10.6 Å². The van der Waals surface area contributed by atoms with Gasteiger partial charge >= 0.3 is 0 Å². The van der Waals surface area contributed by atoms with Crippen LogP contribution in [0.25, 0.3) is 6.08 Å². The van der Waals surface area contributed by atoms with Gasteiger partial charge in [0.2, 0.25) is 6.79 Å². The first-order valence-electron chi connectivity index (χ1n) is 5.49. The normalized spacial score (nSPS) is 18.5. The lowest BCUT2D eigenvalue weighted by Gasteiger charge is -2.07. The van der Waals surface area contributed by atoms with Gasteiger partial charge in [-0.15, -0.1) is 0 Å². The smallest absolute Gasteiger partial charge is 0.273 e. The van der Waals surface area contributed by atoms with E-state index in [1.807, 2.05) is 0 Å². The Kier molecular flexibility index (Phi) is 2.75. The number of thiocarbonyl (C=S) groups is 1. The highest BCUT2D eigenvalue weighted by molar-refractivity contribution is 7.80. The van der Waals surface area contributed by atoms with Crippen LogP contribution in [0.1, 0.15) is 5.56 Å². The van der Waals surface area contributed by atoms with Crippen LogP contribution in [0, 0.1) is 0 Å². The Balaban J connectivity index is 2.03. The predicted molar refractivity (Wildman–Crippen MR) is 71.0 cm³/mol. The van der Waals surface area contributed by atoms with Crippen molar-refractivity contribution in [1.29, 1.82) is 0 Å². The van der Waals surface area contributed by atoms with Crippen LogP contribution in [-0.2, 0) is 4.79 Å². The predicted octanol–water partition coefficient (Wildman–Crippen LogP) is 0.769. The van der Waals surface area contributed by atoms with Gasteiger partial charge in [-0.2, -0.15) is 0 Å². The van der Waals surface area contributed by atoms with E-state index in [2.05, 4.69) is 10.6 Å². The summed E-state index contributed by atoms with van der Waals surface area (Å²) in [5.41, 5.74) is 1.07. The number of hydrogen-bond donors (Lipinski definition) is 2. The lowest BCUT2D eigenvalue weighted by Crippen LogP contribution is -2.21. The number of nitrogens with one attached hydrogen (secondary N) is 2. The van der Waals surface area contributed by atoms with Gasteiger partial charge in [-0.05, 0) is 24.4 Å². The van der Waals surface area contributed by atoms with Crippen LogP contribution >= 0.6 is 12.2 Å². The molecule has 2 aliphatic rings. The van der Waals surface area contributed by atoms with Crippen molar-refractivity contribution < 1.29 is 19.0 Å². The molecule has 7 heteroatoms. The lowest BCUT2D eigenvalue weighted by molar-refractivity contribution is -0.115. The summed E-state index contributed by atoms with van der Waals surface area (Å²) in [5.74, 6) is 1.56. The van der Waals surface area contributed by atoms with E-state index in [0.29, 0.717) is 28.5 Å². The topological polar surface area (TPSA) is 68.8 Å². The highest BCUT2D eigenvalue weighted by atomic mass is 32.1. The van der Waals surface area contributed by atoms with E-state index in [4.69, 9.17) is 26.4 Å². The maximum atomic E-state index is 11.6. The maximum Gasteiger partial charge on any atom is 0.273 e. The number of rotatable bonds is 2. The molecule has 6 nitrogen and oxygen atoms in total. The van der Waals surface area contributed by atoms with Crippen LogP contribution in [0.15, 0.2) is 17.8 Å². The van der Waals surface area contributed by atoms with Crippen LogP contribution < -0.4 is 24.8 Å². The SMILES string of the molecule is COc1cc2c(cc1/C=C1\NC(=S)NC1=O)OCO2. The molecule has 0 unspecified atom stereocenters. The van der Waals surface area contributed by atoms with Crippen LogP contribution in [-0.4, -0.2) is 24.9 Å². The molecular formula is C12H10N2O4S. The molecule has 2 N–H and O–H groups in total. The van der Waals surface area contributed by atoms with Gasteiger partial charge in [0.25, 0.3) is 5.91 Å². The second-order valence-corrected chi connectivity index (χ2v) is 4.32. The molecule has 1 amide bonds. The number of amides is 1. The Morgan fingerprint density at radius 1 is 1.32 bits per heavy atom. The molecule has 0 saturated carbocycles. The van der Waals surface area contributed by atoms with Crippen molar-refractivity contribution in [3.05, 3.63) is 23.4 Å². The minimum absolute atomic E-state index is 0.182. The number of carbonyl (C=O) groups is 1. The van der Waals surface area contributed by atoms with Gasteiger partial charge < -0.3 is 19.5 Å². The monoisotopic (exact) mass is 278 g/mol. The molecule has 1 aromatic carbocycles. The summed E-state index contributed by atoms with van der Waals surface area (Å²) in [6, 6.07) is 3.48. The maximum absolute atomic E-state index is 11.6. The molecule has 0 aliphatic carbocycles. The summed E-state index contributed by atoms with van der Waals surface area (Å²) in [4.78, 5) is 11.6. The number of hydrogen-bond acceptors (Lipinski definition) is 5. The second-order valence-electron chi connectivity index (χ2n) is 3.91. The number of ether oxygens (including phenoxy) is 3. The van der Waals surface area contributed by atoms with Gasteiger partial charge in [0.05, 0.1) is 7.11 Å². The minimum atomic E-state index is -0.273. The largest absolute Gasteiger partial charge is 0.496 e.